The van der Waals surface area contributed by atoms with Crippen molar-refractivity contribution in [3.05, 3.63) is 104 Å². The van der Waals surface area contributed by atoms with Gasteiger partial charge < -0.3 is 0 Å². The smallest absolute Gasteiger partial charge is 0.00202 e. The zero-order valence-electron chi connectivity index (χ0n) is 21.3. The van der Waals surface area contributed by atoms with Gasteiger partial charge in [0.2, 0.25) is 0 Å². The van der Waals surface area contributed by atoms with Crippen LogP contribution in [0.4, 0.5) is 0 Å². The van der Waals surface area contributed by atoms with Crippen LogP contribution in [-0.2, 0) is 51.4 Å². The average molecular weight is 427 g/mol. The molecule has 0 atom stereocenters. The van der Waals surface area contributed by atoms with Crippen LogP contribution in [0.1, 0.15) is 97.2 Å². The third-order valence-corrected chi connectivity index (χ3v) is 7.17. The molecule has 3 aromatic rings. The van der Waals surface area contributed by atoms with Crippen molar-refractivity contribution in [3.63, 3.8) is 0 Å². The fourth-order valence-corrected chi connectivity index (χ4v) is 4.99. The Bertz CT molecular complexity index is 953. The lowest BCUT2D eigenvalue weighted by atomic mass is 9.87. The second-order valence-electron chi connectivity index (χ2n) is 9.07. The number of hydrogen-bond acceptors (Lipinski definition) is 0. The summed E-state index contributed by atoms with van der Waals surface area (Å²) in [7, 11) is 0. The molecule has 0 nitrogen and oxygen atoms in total. The quantitative estimate of drug-likeness (QED) is 0.306. The van der Waals surface area contributed by atoms with E-state index in [0.29, 0.717) is 0 Å². The van der Waals surface area contributed by atoms with E-state index in [9.17, 15) is 0 Å². The minimum absolute atomic E-state index is 1.05. The second kappa shape index (κ2) is 11.5. The summed E-state index contributed by atoms with van der Waals surface area (Å²) < 4.78 is 0. The van der Waals surface area contributed by atoms with E-state index >= 15 is 0 Å². The van der Waals surface area contributed by atoms with Gasteiger partial charge in [-0.2, -0.15) is 0 Å². The molecule has 0 aliphatic carbocycles. The molecule has 170 valence electrons. The molecule has 3 rings (SSSR count). The Labute approximate surface area is 197 Å². The van der Waals surface area contributed by atoms with Crippen molar-refractivity contribution in [2.75, 3.05) is 0 Å². The van der Waals surface area contributed by atoms with Crippen LogP contribution >= 0.6 is 0 Å². The van der Waals surface area contributed by atoms with Crippen LogP contribution in [0.3, 0.4) is 0 Å². The Morgan fingerprint density at radius 3 is 1.00 bits per heavy atom. The van der Waals surface area contributed by atoms with Crippen molar-refractivity contribution < 1.29 is 0 Å². The molecule has 0 radical (unpaired) electrons. The summed E-state index contributed by atoms with van der Waals surface area (Å²) >= 11 is 0. The van der Waals surface area contributed by atoms with E-state index < -0.39 is 0 Å². The van der Waals surface area contributed by atoms with Gasteiger partial charge in [-0.1, -0.05) is 90.1 Å². The maximum atomic E-state index is 2.52. The van der Waals surface area contributed by atoms with Gasteiger partial charge in [-0.15, -0.1) is 0 Å². The standard InChI is InChI=1S/C32H42/c1-7-23-13-15-29(25(9-3)17-23)21-31-19-28(12-6)32(20-27(31)11-5)22-30-16-14-24(8-2)18-26(30)10-4/h13-20H,7-12,21-22H2,1-6H3. The molecule has 0 heterocycles. The van der Waals surface area contributed by atoms with E-state index in [1.165, 1.54) is 55.6 Å². The summed E-state index contributed by atoms with van der Waals surface area (Å²) in [5.74, 6) is 0. The van der Waals surface area contributed by atoms with Crippen LogP contribution < -0.4 is 0 Å². The van der Waals surface area contributed by atoms with Crippen molar-refractivity contribution in [1.82, 2.24) is 0 Å². The summed E-state index contributed by atoms with van der Waals surface area (Å²) in [6, 6.07) is 19.3. The van der Waals surface area contributed by atoms with Crippen LogP contribution in [0, 0.1) is 0 Å². The van der Waals surface area contributed by atoms with Gasteiger partial charge in [-0.3, -0.25) is 0 Å². The van der Waals surface area contributed by atoms with Crippen molar-refractivity contribution in [1.29, 1.82) is 0 Å². The average Bonchev–Trinajstić information content (AvgIpc) is 2.84. The largest absolute Gasteiger partial charge is 0.0613 e. The number of aryl methyl sites for hydroxylation is 6. The maximum Gasteiger partial charge on any atom is -0.00202 e. The van der Waals surface area contributed by atoms with Crippen molar-refractivity contribution in [3.8, 4) is 0 Å². The highest BCUT2D eigenvalue weighted by molar-refractivity contribution is 5.46. The predicted octanol–water partition coefficient (Wildman–Crippen LogP) is 8.24. The molecule has 0 aromatic heterocycles. The summed E-state index contributed by atoms with van der Waals surface area (Å²) in [6.45, 7) is 13.7. The van der Waals surface area contributed by atoms with Gasteiger partial charge in [-0.05, 0) is 107 Å². The van der Waals surface area contributed by atoms with Crippen LogP contribution in [0.2, 0.25) is 0 Å². The predicted molar refractivity (Wildman–Crippen MR) is 141 cm³/mol. The number of benzene rings is 3. The third-order valence-electron chi connectivity index (χ3n) is 7.17. The molecule has 0 saturated carbocycles. The zero-order chi connectivity index (χ0) is 23.1. The monoisotopic (exact) mass is 426 g/mol. The van der Waals surface area contributed by atoms with Crippen molar-refractivity contribution in [2.24, 2.45) is 0 Å². The van der Waals surface area contributed by atoms with Gasteiger partial charge in [0.25, 0.3) is 0 Å². The second-order valence-corrected chi connectivity index (χ2v) is 9.07. The van der Waals surface area contributed by atoms with Crippen LogP contribution in [0.5, 0.6) is 0 Å². The lowest BCUT2D eigenvalue weighted by Gasteiger charge is -2.18. The maximum absolute atomic E-state index is 2.52. The molecule has 3 aromatic carbocycles. The molecule has 0 saturated heterocycles. The first-order chi connectivity index (χ1) is 15.6. The van der Waals surface area contributed by atoms with Gasteiger partial charge in [-0.25, -0.2) is 0 Å². The van der Waals surface area contributed by atoms with Gasteiger partial charge in [0.05, 0.1) is 0 Å². The van der Waals surface area contributed by atoms with E-state index in [0.717, 1.165) is 51.4 Å². The lowest BCUT2D eigenvalue weighted by Crippen LogP contribution is -2.05. The zero-order valence-corrected chi connectivity index (χ0v) is 21.3. The molecule has 0 bridgehead atoms. The first-order valence-electron chi connectivity index (χ1n) is 12.9. The molecule has 0 aliphatic rings. The van der Waals surface area contributed by atoms with Gasteiger partial charge >= 0.3 is 0 Å². The fourth-order valence-electron chi connectivity index (χ4n) is 4.99. The Hall–Kier alpha value is -2.34. The molecule has 0 amide bonds. The normalized spacial score (nSPS) is 11.2. The minimum Gasteiger partial charge on any atom is -0.0613 e. The van der Waals surface area contributed by atoms with Gasteiger partial charge in [0.15, 0.2) is 0 Å². The Kier molecular flexibility index (Phi) is 8.74. The van der Waals surface area contributed by atoms with Crippen molar-refractivity contribution >= 4 is 0 Å². The highest BCUT2D eigenvalue weighted by Gasteiger charge is 2.13. The van der Waals surface area contributed by atoms with E-state index in [2.05, 4.69) is 90.1 Å². The summed E-state index contributed by atoms with van der Waals surface area (Å²) in [4.78, 5) is 0. The SMILES string of the molecule is CCc1ccc(Cc2cc(CC)c(Cc3ccc(CC)cc3CC)cc2CC)c(CC)c1. The fraction of sp³-hybridized carbons (Fsp3) is 0.438. The molecule has 0 aliphatic heterocycles. The van der Waals surface area contributed by atoms with Gasteiger partial charge in [0.1, 0.15) is 0 Å². The van der Waals surface area contributed by atoms with Gasteiger partial charge in [0, 0.05) is 0 Å². The first-order valence-corrected chi connectivity index (χ1v) is 12.9. The number of hydrogen-bond donors (Lipinski definition) is 0. The molecule has 32 heavy (non-hydrogen) atoms. The number of rotatable bonds is 10. The molecule has 0 unspecified atom stereocenters. The molecule has 0 spiro atoms. The van der Waals surface area contributed by atoms with Crippen molar-refractivity contribution in [2.45, 2.75) is 92.9 Å². The lowest BCUT2D eigenvalue weighted by molar-refractivity contribution is 0.969. The molecule has 0 fully saturated rings. The highest BCUT2D eigenvalue weighted by atomic mass is 14.2. The minimum atomic E-state index is 1.05. The third kappa shape index (κ3) is 5.52. The van der Waals surface area contributed by atoms with E-state index in [-0.39, 0.29) is 0 Å². The Morgan fingerprint density at radius 2 is 0.688 bits per heavy atom. The molecular weight excluding hydrogens is 384 g/mol. The topological polar surface area (TPSA) is 0 Å². The Morgan fingerprint density at radius 1 is 0.344 bits per heavy atom. The van der Waals surface area contributed by atoms with E-state index in [1.807, 2.05) is 0 Å². The van der Waals surface area contributed by atoms with E-state index in [4.69, 9.17) is 0 Å². The summed E-state index contributed by atoms with van der Waals surface area (Å²) in [6.07, 6.45) is 8.73. The van der Waals surface area contributed by atoms with Crippen LogP contribution in [0.15, 0.2) is 48.5 Å². The summed E-state index contributed by atoms with van der Waals surface area (Å²) in [5.41, 5.74) is 15.0. The molecule has 0 N–H and O–H groups in total. The van der Waals surface area contributed by atoms with E-state index in [1.54, 1.807) is 0 Å². The molecular formula is C32H42. The van der Waals surface area contributed by atoms with Crippen LogP contribution in [0.25, 0.3) is 0 Å². The highest BCUT2D eigenvalue weighted by Crippen LogP contribution is 2.27. The van der Waals surface area contributed by atoms with Crippen LogP contribution in [-0.4, -0.2) is 0 Å². The summed E-state index contributed by atoms with van der Waals surface area (Å²) in [5, 5.41) is 0. The Balaban J connectivity index is 1.97. The molecule has 0 heteroatoms. The first kappa shape index (κ1) is 24.3.